The number of nitrogens with zero attached hydrogens (tertiary/aromatic N) is 3. The van der Waals surface area contributed by atoms with Crippen LogP contribution in [0.1, 0.15) is 30.5 Å². The Bertz CT molecular complexity index is 1300. The molecule has 15 heteroatoms. The largest absolute Gasteiger partial charge is 0.516 e. The van der Waals surface area contributed by atoms with E-state index in [1.54, 1.807) is 4.90 Å². The van der Waals surface area contributed by atoms with Crippen molar-refractivity contribution in [1.29, 1.82) is 0 Å². The van der Waals surface area contributed by atoms with Gasteiger partial charge in [-0.3, -0.25) is 19.3 Å². The summed E-state index contributed by atoms with van der Waals surface area (Å²) in [5, 5.41) is 0. The topological polar surface area (TPSA) is 108 Å². The van der Waals surface area contributed by atoms with Crippen LogP contribution in [-0.4, -0.2) is 75.4 Å². The second-order valence-corrected chi connectivity index (χ2v) is 10.8. The predicted octanol–water partition coefficient (Wildman–Crippen LogP) is 4.87. The lowest BCUT2D eigenvalue weighted by Gasteiger charge is -2.33. The molecule has 1 aliphatic heterocycles. The van der Waals surface area contributed by atoms with Crippen molar-refractivity contribution in [2.24, 2.45) is 0 Å². The molecule has 0 unspecified atom stereocenters. The zero-order valence-electron chi connectivity index (χ0n) is 23.2. The van der Waals surface area contributed by atoms with Gasteiger partial charge >= 0.3 is 21.6 Å². The zero-order valence-corrected chi connectivity index (χ0v) is 24.8. The summed E-state index contributed by atoms with van der Waals surface area (Å²) in [5.74, 6) is -0.168. The molecule has 0 radical (unpaired) electrons. The third-order valence-electron chi connectivity index (χ3n) is 5.87. The second-order valence-electron chi connectivity index (χ2n) is 8.86. The summed E-state index contributed by atoms with van der Waals surface area (Å²) in [6.07, 6.45) is 0.870. The summed E-state index contributed by atoms with van der Waals surface area (Å²) >= 11 is 5.68. The molecule has 3 rings (SSSR count). The maximum absolute atomic E-state index is 12.5. The number of alkyl halides is 4. The van der Waals surface area contributed by atoms with Gasteiger partial charge < -0.3 is 14.4 Å². The fraction of sp³-hybridized carbons (Fsp3) is 0.462. The highest BCUT2D eigenvalue weighted by atomic mass is 35.5. The lowest BCUT2D eigenvalue weighted by Crippen LogP contribution is -2.48. The highest BCUT2D eigenvalue weighted by Gasteiger charge is 2.46. The number of hydrogen-bond acceptors (Lipinski definition) is 6. The fourth-order valence-corrected chi connectivity index (χ4v) is 4.57. The van der Waals surface area contributed by atoms with E-state index in [2.05, 4.69) is 6.92 Å². The van der Waals surface area contributed by atoms with Gasteiger partial charge in [-0.15, -0.1) is 11.6 Å². The fourth-order valence-electron chi connectivity index (χ4n) is 3.83. The van der Waals surface area contributed by atoms with Gasteiger partial charge in [-0.1, -0.05) is 43.3 Å². The van der Waals surface area contributed by atoms with E-state index < -0.39 is 15.5 Å². The molecule has 1 fully saturated rings. The molecule has 1 N–H and O–H groups in total. The number of ether oxygens (including phenoxy) is 2. The van der Waals surface area contributed by atoms with E-state index in [0.29, 0.717) is 6.61 Å². The standard InChI is InChI=1S/C14H20ClNO2.C12H14F3N3O4S/c1-4-12-8-6-7-11(3)14(12)16(10-18-5-2)13(17)9-15;1-17-7-22-8-18(11(17)19)6-9-4-2-3-5-10(9)16-23(20,21)12(13,14)15/h6-8H,4-5,9-10H2,1-3H3;2-5,16H,6-8H2,1H3. The molecule has 0 spiro atoms. The predicted molar refractivity (Wildman–Crippen MR) is 150 cm³/mol. The molecule has 1 heterocycles. The van der Waals surface area contributed by atoms with Crippen molar-refractivity contribution in [1.82, 2.24) is 9.80 Å². The number of benzene rings is 2. The molecule has 0 atom stereocenters. The van der Waals surface area contributed by atoms with Crippen molar-refractivity contribution in [2.45, 2.75) is 39.2 Å². The number of sulfonamides is 1. The second kappa shape index (κ2) is 15.2. The number of aryl methyl sites for hydroxylation is 2. The van der Waals surface area contributed by atoms with Gasteiger partial charge in [0.2, 0.25) is 5.91 Å². The monoisotopic (exact) mass is 622 g/mol. The molecule has 10 nitrogen and oxygen atoms in total. The molecule has 1 saturated heterocycles. The van der Waals surface area contributed by atoms with Gasteiger partial charge in [-0.05, 0) is 43.0 Å². The van der Waals surface area contributed by atoms with Crippen molar-refractivity contribution in [3.05, 3.63) is 59.2 Å². The van der Waals surface area contributed by atoms with Gasteiger partial charge in [0.25, 0.3) is 0 Å². The minimum Gasteiger partial charge on any atom is -0.361 e. The molecule has 228 valence electrons. The minimum absolute atomic E-state index is 0.0371. The van der Waals surface area contributed by atoms with Crippen molar-refractivity contribution >= 4 is 44.9 Å². The molecule has 0 aromatic heterocycles. The third kappa shape index (κ3) is 9.21. The summed E-state index contributed by atoms with van der Waals surface area (Å²) in [4.78, 5) is 28.0. The third-order valence-corrected chi connectivity index (χ3v) is 7.20. The number of nitrogens with one attached hydrogen (secondary N) is 1. The molecular weight excluding hydrogens is 589 g/mol. The average molecular weight is 623 g/mol. The van der Waals surface area contributed by atoms with Crippen LogP contribution < -0.4 is 9.62 Å². The molecule has 2 aromatic rings. The lowest BCUT2D eigenvalue weighted by molar-refractivity contribution is -0.117. The molecule has 3 amide bonds. The zero-order chi connectivity index (χ0) is 30.8. The number of urea groups is 1. The first-order valence-corrected chi connectivity index (χ1v) is 14.6. The Kier molecular flexibility index (Phi) is 12.7. The van der Waals surface area contributed by atoms with Gasteiger partial charge in [0.15, 0.2) is 0 Å². The van der Waals surface area contributed by atoms with Crippen LogP contribution in [0, 0.1) is 6.92 Å². The van der Waals surface area contributed by atoms with E-state index in [-0.39, 0.29) is 55.8 Å². The Morgan fingerprint density at radius 2 is 1.78 bits per heavy atom. The molecule has 0 aliphatic carbocycles. The van der Waals surface area contributed by atoms with Crippen LogP contribution in [0.15, 0.2) is 42.5 Å². The molecule has 0 bridgehead atoms. The molecule has 0 saturated carbocycles. The number of rotatable bonds is 10. The maximum Gasteiger partial charge on any atom is 0.516 e. The average Bonchev–Trinajstić information content (AvgIpc) is 2.92. The van der Waals surface area contributed by atoms with E-state index >= 15 is 0 Å². The van der Waals surface area contributed by atoms with Gasteiger partial charge in [-0.25, -0.2) is 4.79 Å². The number of carbonyl (C=O) groups excluding carboxylic acids is 2. The van der Waals surface area contributed by atoms with Crippen molar-refractivity contribution in [3.63, 3.8) is 0 Å². The molecule has 1 aliphatic rings. The van der Waals surface area contributed by atoms with Gasteiger partial charge in [0.1, 0.15) is 26.1 Å². The quantitative estimate of drug-likeness (QED) is 0.299. The van der Waals surface area contributed by atoms with E-state index in [1.165, 1.54) is 45.8 Å². The van der Waals surface area contributed by atoms with Crippen LogP contribution in [0.4, 0.5) is 29.3 Å². The van der Waals surface area contributed by atoms with Crippen LogP contribution in [0.5, 0.6) is 0 Å². The molecule has 2 aromatic carbocycles. The summed E-state index contributed by atoms with van der Waals surface area (Å²) in [7, 11) is -4.03. The van der Waals surface area contributed by atoms with Crippen molar-refractivity contribution in [3.8, 4) is 0 Å². The Balaban J connectivity index is 0.000000296. The Hall–Kier alpha value is -3.07. The van der Waals surface area contributed by atoms with Crippen LogP contribution in [0.2, 0.25) is 0 Å². The first-order chi connectivity index (χ1) is 19.3. The summed E-state index contributed by atoms with van der Waals surface area (Å²) < 4.78 is 71.9. The van der Waals surface area contributed by atoms with Crippen LogP contribution in [0.25, 0.3) is 0 Å². The highest BCUT2D eigenvalue weighted by Crippen LogP contribution is 2.28. The summed E-state index contributed by atoms with van der Waals surface area (Å²) in [5.41, 5.74) is -2.33. The normalized spacial score (nSPS) is 13.9. The molecular formula is C26H34ClF3N4O6S. The van der Waals surface area contributed by atoms with E-state index in [1.807, 2.05) is 32.0 Å². The summed E-state index contributed by atoms with van der Waals surface area (Å²) in [6.45, 7) is 6.76. The van der Waals surface area contributed by atoms with E-state index in [9.17, 15) is 31.2 Å². The highest BCUT2D eigenvalue weighted by molar-refractivity contribution is 7.93. The van der Waals surface area contributed by atoms with Gasteiger partial charge in [0, 0.05) is 13.7 Å². The Labute approximate surface area is 243 Å². The van der Waals surface area contributed by atoms with Gasteiger partial charge in [-0.2, -0.15) is 21.6 Å². The van der Waals surface area contributed by atoms with Crippen LogP contribution in [0.3, 0.4) is 0 Å². The number of halogens is 4. The van der Waals surface area contributed by atoms with Crippen LogP contribution >= 0.6 is 11.6 Å². The smallest absolute Gasteiger partial charge is 0.361 e. The SMILES string of the molecule is CCOCN(C(=O)CCl)c1c(C)cccc1CC.CN1COCN(Cc2ccccc2NS(=O)(=O)C(F)(F)F)C1=O. The molecule has 41 heavy (non-hydrogen) atoms. The van der Waals surface area contributed by atoms with E-state index in [0.717, 1.165) is 23.2 Å². The number of carbonyl (C=O) groups is 2. The first kappa shape index (κ1) is 34.1. The maximum atomic E-state index is 12.5. The number of hydrogen-bond donors (Lipinski definition) is 1. The van der Waals surface area contributed by atoms with Crippen LogP contribution in [-0.2, 0) is 37.3 Å². The van der Waals surface area contributed by atoms with Gasteiger partial charge in [0.05, 0.1) is 17.9 Å². The minimum atomic E-state index is -5.53. The Morgan fingerprint density at radius 3 is 2.39 bits per heavy atom. The number of para-hydroxylation sites is 2. The van der Waals surface area contributed by atoms with Crippen molar-refractivity contribution in [2.75, 3.05) is 49.3 Å². The lowest BCUT2D eigenvalue weighted by atomic mass is 10.0. The van der Waals surface area contributed by atoms with E-state index in [4.69, 9.17) is 21.1 Å². The first-order valence-electron chi connectivity index (χ1n) is 12.5. The number of amides is 3. The van der Waals surface area contributed by atoms with Crippen molar-refractivity contribution < 1.29 is 40.7 Å². The summed E-state index contributed by atoms with van der Waals surface area (Å²) in [6, 6.07) is 11.2. The Morgan fingerprint density at radius 1 is 1.12 bits per heavy atom. The number of anilines is 2.